The number of ether oxygens (including phenoxy) is 1. The van der Waals surface area contributed by atoms with Crippen molar-refractivity contribution in [3.8, 4) is 11.8 Å². The number of hydrogen-bond acceptors (Lipinski definition) is 3. The quantitative estimate of drug-likeness (QED) is 0.373. The molecule has 2 rings (SSSR count). The van der Waals surface area contributed by atoms with Gasteiger partial charge in [0.25, 0.3) is 0 Å². The van der Waals surface area contributed by atoms with Crippen LogP contribution in [0.5, 0.6) is 0 Å². The van der Waals surface area contributed by atoms with Gasteiger partial charge in [-0.05, 0) is 49.9 Å². The normalized spacial score (nSPS) is 28.6. The van der Waals surface area contributed by atoms with Crippen molar-refractivity contribution in [1.82, 2.24) is 0 Å². The molecule has 0 heterocycles. The summed E-state index contributed by atoms with van der Waals surface area (Å²) in [5, 5.41) is 8.81. The third kappa shape index (κ3) is 5.44. The van der Waals surface area contributed by atoms with Crippen molar-refractivity contribution >= 4 is 5.78 Å². The van der Waals surface area contributed by atoms with E-state index in [9.17, 15) is 4.79 Å². The van der Waals surface area contributed by atoms with E-state index in [2.05, 4.69) is 37.8 Å². The molecule has 0 aliphatic heterocycles. The van der Waals surface area contributed by atoms with Gasteiger partial charge in [0, 0.05) is 38.4 Å². The molecule has 2 aliphatic rings. The number of unbranched alkanes of at least 4 members (excludes halogenated alkanes) is 2. The number of aliphatic hydroxyl groups is 1. The average molecular weight is 361 g/mol. The van der Waals surface area contributed by atoms with Gasteiger partial charge in [-0.3, -0.25) is 4.79 Å². The van der Waals surface area contributed by atoms with Gasteiger partial charge in [0.05, 0.1) is 6.10 Å². The second-order valence-corrected chi connectivity index (χ2v) is 8.46. The summed E-state index contributed by atoms with van der Waals surface area (Å²) in [7, 11) is 1.79. The summed E-state index contributed by atoms with van der Waals surface area (Å²) in [4.78, 5) is 12.4. The molecule has 0 aromatic rings. The van der Waals surface area contributed by atoms with Crippen LogP contribution in [-0.2, 0) is 9.53 Å². The highest BCUT2D eigenvalue weighted by Crippen LogP contribution is 2.45. The first kappa shape index (κ1) is 21.2. The maximum atomic E-state index is 12.4. The van der Waals surface area contributed by atoms with E-state index < -0.39 is 0 Å². The Balaban J connectivity index is 1.90. The number of Topliss-reactive ketones (excluding diaryl/α,β-unsaturated/α-hetero) is 1. The van der Waals surface area contributed by atoms with E-state index in [0.29, 0.717) is 18.1 Å². The fourth-order valence-electron chi connectivity index (χ4n) is 4.39. The van der Waals surface area contributed by atoms with Crippen molar-refractivity contribution in [2.24, 2.45) is 23.2 Å². The maximum Gasteiger partial charge on any atom is 0.137 e. The Morgan fingerprint density at radius 1 is 1.35 bits per heavy atom. The standard InChI is InChI=1S/C23H36O3/c1-18-17-21(25)20(11-7-5-4-6-8-16-24)19(18)12-9-13-22(26-3)23(2)14-10-15-23/h5,7,18-20,22,24H,4,6,8,10-11,13-17H2,1-3H3/b7-5-/t18-,19+,20-,22?/m1/s1. The number of hydrogen-bond donors (Lipinski definition) is 1. The number of ketones is 1. The second-order valence-electron chi connectivity index (χ2n) is 8.46. The minimum Gasteiger partial charge on any atom is -0.396 e. The van der Waals surface area contributed by atoms with Gasteiger partial charge in [0.15, 0.2) is 0 Å². The van der Waals surface area contributed by atoms with Crippen LogP contribution >= 0.6 is 0 Å². The molecule has 0 spiro atoms. The Labute approximate surface area is 159 Å². The van der Waals surface area contributed by atoms with Crippen LogP contribution in [0.15, 0.2) is 12.2 Å². The summed E-state index contributed by atoms with van der Waals surface area (Å²) in [6.45, 7) is 4.72. The van der Waals surface area contributed by atoms with Crippen LogP contribution in [0.25, 0.3) is 0 Å². The van der Waals surface area contributed by atoms with Crippen LogP contribution in [0.3, 0.4) is 0 Å². The average Bonchev–Trinajstić information content (AvgIpc) is 2.86. The molecule has 26 heavy (non-hydrogen) atoms. The first-order valence-corrected chi connectivity index (χ1v) is 10.3. The van der Waals surface area contributed by atoms with E-state index in [-0.39, 0.29) is 30.0 Å². The lowest BCUT2D eigenvalue weighted by molar-refractivity contribution is -0.120. The SMILES string of the molecule is COC(CC#C[C@H]1[C@H](C)CC(=O)[C@@H]1C/C=C\CCCCO)C1(C)CCC1. The summed E-state index contributed by atoms with van der Waals surface area (Å²) in [5.74, 6) is 7.76. The van der Waals surface area contributed by atoms with Crippen molar-refractivity contribution in [3.63, 3.8) is 0 Å². The van der Waals surface area contributed by atoms with E-state index in [1.807, 2.05) is 0 Å². The summed E-state index contributed by atoms with van der Waals surface area (Å²) in [6.07, 6.45) is 13.3. The minimum absolute atomic E-state index is 0.0480. The highest BCUT2D eigenvalue weighted by molar-refractivity contribution is 5.84. The van der Waals surface area contributed by atoms with Crippen LogP contribution in [-0.4, -0.2) is 30.7 Å². The van der Waals surface area contributed by atoms with Crippen LogP contribution in [0.2, 0.25) is 0 Å². The van der Waals surface area contributed by atoms with Gasteiger partial charge in [-0.25, -0.2) is 0 Å². The molecule has 2 fully saturated rings. The van der Waals surface area contributed by atoms with Crippen molar-refractivity contribution in [2.75, 3.05) is 13.7 Å². The maximum absolute atomic E-state index is 12.4. The van der Waals surface area contributed by atoms with Gasteiger partial charge in [-0.2, -0.15) is 0 Å². The van der Waals surface area contributed by atoms with Gasteiger partial charge in [0.1, 0.15) is 5.78 Å². The molecular formula is C23H36O3. The lowest BCUT2D eigenvalue weighted by Gasteiger charge is -2.43. The number of carbonyl (C=O) groups is 1. The van der Waals surface area contributed by atoms with Gasteiger partial charge in [0.2, 0.25) is 0 Å². The molecule has 3 heteroatoms. The van der Waals surface area contributed by atoms with Gasteiger partial charge >= 0.3 is 0 Å². The molecule has 0 amide bonds. The molecular weight excluding hydrogens is 324 g/mol. The largest absolute Gasteiger partial charge is 0.396 e. The van der Waals surface area contributed by atoms with Crippen molar-refractivity contribution in [2.45, 2.75) is 77.7 Å². The zero-order valence-corrected chi connectivity index (χ0v) is 16.8. The summed E-state index contributed by atoms with van der Waals surface area (Å²) in [5.41, 5.74) is 0.289. The number of rotatable bonds is 9. The van der Waals surface area contributed by atoms with Gasteiger partial charge in [-0.1, -0.05) is 38.3 Å². The third-order valence-corrected chi connectivity index (χ3v) is 6.43. The molecule has 4 atom stereocenters. The van der Waals surface area contributed by atoms with Gasteiger partial charge < -0.3 is 9.84 Å². The Bertz CT molecular complexity index is 535. The zero-order valence-electron chi connectivity index (χ0n) is 16.8. The first-order chi connectivity index (χ1) is 12.5. The van der Waals surface area contributed by atoms with Crippen LogP contribution in [0, 0.1) is 35.0 Å². The molecule has 2 saturated carbocycles. The Morgan fingerprint density at radius 3 is 2.73 bits per heavy atom. The molecule has 0 radical (unpaired) electrons. The smallest absolute Gasteiger partial charge is 0.137 e. The molecule has 2 aliphatic carbocycles. The topological polar surface area (TPSA) is 46.5 Å². The van der Waals surface area contributed by atoms with E-state index in [1.165, 1.54) is 19.3 Å². The monoisotopic (exact) mass is 360 g/mol. The van der Waals surface area contributed by atoms with E-state index >= 15 is 0 Å². The Hall–Kier alpha value is -1.11. The number of aliphatic hydroxyl groups excluding tert-OH is 1. The number of methoxy groups -OCH3 is 1. The lowest BCUT2D eigenvalue weighted by atomic mass is 9.66. The predicted molar refractivity (Wildman–Crippen MR) is 106 cm³/mol. The summed E-state index contributed by atoms with van der Waals surface area (Å²) in [6, 6.07) is 0. The number of carbonyl (C=O) groups excluding carboxylic acids is 1. The van der Waals surface area contributed by atoms with Crippen LogP contribution in [0.1, 0.15) is 71.6 Å². The molecule has 0 saturated heterocycles. The predicted octanol–water partition coefficient (Wildman–Crippen LogP) is 4.54. The fourth-order valence-corrected chi connectivity index (χ4v) is 4.39. The van der Waals surface area contributed by atoms with Crippen molar-refractivity contribution < 1.29 is 14.6 Å². The van der Waals surface area contributed by atoms with Gasteiger partial charge in [-0.15, -0.1) is 5.92 Å². The van der Waals surface area contributed by atoms with E-state index in [4.69, 9.17) is 9.84 Å². The summed E-state index contributed by atoms with van der Waals surface area (Å²) < 4.78 is 5.71. The van der Waals surface area contributed by atoms with Crippen molar-refractivity contribution in [1.29, 1.82) is 0 Å². The molecule has 1 N–H and O–H groups in total. The lowest BCUT2D eigenvalue weighted by Crippen LogP contribution is -2.39. The Morgan fingerprint density at radius 2 is 2.12 bits per heavy atom. The second kappa shape index (κ2) is 10.3. The van der Waals surface area contributed by atoms with Crippen LogP contribution < -0.4 is 0 Å². The molecule has 0 bridgehead atoms. The number of allylic oxidation sites excluding steroid dienone is 2. The zero-order chi connectivity index (χ0) is 19.0. The van der Waals surface area contributed by atoms with Crippen LogP contribution in [0.4, 0.5) is 0 Å². The van der Waals surface area contributed by atoms with Crippen molar-refractivity contribution in [3.05, 3.63) is 12.2 Å². The summed E-state index contributed by atoms with van der Waals surface area (Å²) >= 11 is 0. The fraction of sp³-hybridized carbons (Fsp3) is 0.783. The molecule has 1 unspecified atom stereocenters. The van der Waals surface area contributed by atoms with E-state index in [1.54, 1.807) is 7.11 Å². The van der Waals surface area contributed by atoms with E-state index in [0.717, 1.165) is 32.1 Å². The molecule has 3 nitrogen and oxygen atoms in total. The molecule has 0 aromatic heterocycles. The highest BCUT2D eigenvalue weighted by Gasteiger charge is 2.40. The third-order valence-electron chi connectivity index (χ3n) is 6.43. The first-order valence-electron chi connectivity index (χ1n) is 10.3. The Kier molecular flexibility index (Phi) is 8.38. The minimum atomic E-state index is 0.0480. The molecule has 146 valence electrons. The molecule has 0 aromatic carbocycles. The highest BCUT2D eigenvalue weighted by atomic mass is 16.5.